The Morgan fingerprint density at radius 1 is 1.67 bits per heavy atom. The zero-order valence-electron chi connectivity index (χ0n) is 7.80. The number of allylic oxidation sites excluding steroid dienone is 4. The predicted molar refractivity (Wildman–Crippen MR) is 49.9 cm³/mol. The zero-order chi connectivity index (χ0) is 8.77. The normalized spacial score (nSPS) is 38.3. The molecule has 0 aliphatic heterocycles. The minimum Gasteiger partial charge on any atom is -0.511 e. The van der Waals surface area contributed by atoms with Crippen molar-refractivity contribution < 1.29 is 5.11 Å². The first-order chi connectivity index (χ1) is 5.68. The van der Waals surface area contributed by atoms with E-state index in [0.29, 0.717) is 11.7 Å². The molecule has 1 N–H and O–H groups in total. The summed E-state index contributed by atoms with van der Waals surface area (Å²) in [6, 6.07) is 0. The Bertz CT molecular complexity index is 262. The monoisotopic (exact) mass is 164 g/mol. The lowest BCUT2D eigenvalue weighted by molar-refractivity contribution is 0.311. The molecule has 1 nitrogen and oxygen atoms in total. The van der Waals surface area contributed by atoms with Crippen LogP contribution in [0.25, 0.3) is 0 Å². The van der Waals surface area contributed by atoms with Gasteiger partial charge in [-0.2, -0.15) is 0 Å². The molecule has 2 aliphatic carbocycles. The van der Waals surface area contributed by atoms with Gasteiger partial charge in [-0.3, -0.25) is 0 Å². The summed E-state index contributed by atoms with van der Waals surface area (Å²) < 4.78 is 0. The van der Waals surface area contributed by atoms with E-state index in [-0.39, 0.29) is 5.41 Å². The molecule has 0 aromatic heterocycles. The SMILES string of the molecule is CCCC1=C(O)C2(C)CC2C=C1. The van der Waals surface area contributed by atoms with Gasteiger partial charge in [-0.1, -0.05) is 32.4 Å². The lowest BCUT2D eigenvalue weighted by atomic mass is 9.92. The van der Waals surface area contributed by atoms with Crippen molar-refractivity contribution in [2.45, 2.75) is 33.1 Å². The largest absolute Gasteiger partial charge is 0.511 e. The molecule has 0 saturated heterocycles. The fourth-order valence-corrected chi connectivity index (χ4v) is 2.10. The average molecular weight is 164 g/mol. The Hall–Kier alpha value is -0.720. The van der Waals surface area contributed by atoms with Crippen LogP contribution in [0.1, 0.15) is 33.1 Å². The summed E-state index contributed by atoms with van der Waals surface area (Å²) >= 11 is 0. The number of aliphatic hydroxyl groups is 1. The van der Waals surface area contributed by atoms with E-state index in [1.165, 1.54) is 0 Å². The third-order valence-electron chi connectivity index (χ3n) is 3.20. The molecule has 0 bridgehead atoms. The van der Waals surface area contributed by atoms with Gasteiger partial charge in [0.2, 0.25) is 0 Å². The van der Waals surface area contributed by atoms with Gasteiger partial charge < -0.3 is 5.11 Å². The van der Waals surface area contributed by atoms with Crippen molar-refractivity contribution in [3.63, 3.8) is 0 Å². The molecule has 12 heavy (non-hydrogen) atoms. The summed E-state index contributed by atoms with van der Waals surface area (Å²) in [5, 5.41) is 9.90. The van der Waals surface area contributed by atoms with Crippen molar-refractivity contribution in [2.75, 3.05) is 0 Å². The van der Waals surface area contributed by atoms with E-state index in [2.05, 4.69) is 26.0 Å². The van der Waals surface area contributed by atoms with Gasteiger partial charge in [0.25, 0.3) is 0 Å². The second-order valence-corrected chi connectivity index (χ2v) is 4.21. The van der Waals surface area contributed by atoms with Gasteiger partial charge >= 0.3 is 0 Å². The van der Waals surface area contributed by atoms with Crippen LogP contribution < -0.4 is 0 Å². The van der Waals surface area contributed by atoms with Crippen LogP contribution in [0.3, 0.4) is 0 Å². The van der Waals surface area contributed by atoms with Gasteiger partial charge in [0, 0.05) is 5.41 Å². The summed E-state index contributed by atoms with van der Waals surface area (Å²) in [4.78, 5) is 0. The molecule has 1 heteroatoms. The molecular weight excluding hydrogens is 148 g/mol. The summed E-state index contributed by atoms with van der Waals surface area (Å²) in [7, 11) is 0. The van der Waals surface area contributed by atoms with E-state index < -0.39 is 0 Å². The van der Waals surface area contributed by atoms with E-state index in [0.717, 1.165) is 24.8 Å². The first kappa shape index (κ1) is 7.90. The minimum absolute atomic E-state index is 0.124. The number of hydrogen-bond donors (Lipinski definition) is 1. The maximum Gasteiger partial charge on any atom is 0.102 e. The lowest BCUT2D eigenvalue weighted by Gasteiger charge is -2.16. The molecule has 66 valence electrons. The maximum atomic E-state index is 9.90. The van der Waals surface area contributed by atoms with Gasteiger partial charge in [0.05, 0.1) is 0 Å². The minimum atomic E-state index is 0.124. The predicted octanol–water partition coefficient (Wildman–Crippen LogP) is 3.19. The van der Waals surface area contributed by atoms with Gasteiger partial charge in [-0.15, -0.1) is 0 Å². The van der Waals surface area contributed by atoms with Crippen LogP contribution in [-0.4, -0.2) is 5.11 Å². The first-order valence-corrected chi connectivity index (χ1v) is 4.79. The van der Waals surface area contributed by atoms with Crippen molar-refractivity contribution in [3.8, 4) is 0 Å². The standard InChI is InChI=1S/C11H16O/c1-3-4-8-5-6-9-7-11(9,2)10(8)12/h5-6,9,12H,3-4,7H2,1-2H3. The Morgan fingerprint density at radius 3 is 3.08 bits per heavy atom. The highest BCUT2D eigenvalue weighted by Crippen LogP contribution is 2.60. The molecule has 0 radical (unpaired) electrons. The maximum absolute atomic E-state index is 9.90. The molecule has 2 aliphatic rings. The van der Waals surface area contributed by atoms with Crippen LogP contribution >= 0.6 is 0 Å². The Labute approximate surface area is 73.8 Å². The van der Waals surface area contributed by atoms with Gasteiger partial charge in [0.15, 0.2) is 0 Å². The van der Waals surface area contributed by atoms with Crippen LogP contribution in [0, 0.1) is 11.3 Å². The van der Waals surface area contributed by atoms with Crippen LogP contribution in [0.15, 0.2) is 23.5 Å². The van der Waals surface area contributed by atoms with Crippen molar-refractivity contribution in [1.82, 2.24) is 0 Å². The van der Waals surface area contributed by atoms with Crippen molar-refractivity contribution in [2.24, 2.45) is 11.3 Å². The Balaban J connectivity index is 2.26. The molecule has 0 aromatic rings. The quantitative estimate of drug-likeness (QED) is 0.664. The fraction of sp³-hybridized carbons (Fsp3) is 0.636. The highest BCUT2D eigenvalue weighted by atomic mass is 16.3. The summed E-state index contributed by atoms with van der Waals surface area (Å²) in [6.07, 6.45) is 7.64. The van der Waals surface area contributed by atoms with Crippen LogP contribution in [0.5, 0.6) is 0 Å². The Kier molecular flexibility index (Phi) is 1.57. The van der Waals surface area contributed by atoms with Crippen molar-refractivity contribution in [3.05, 3.63) is 23.5 Å². The molecule has 0 aromatic carbocycles. The highest BCUT2D eigenvalue weighted by Gasteiger charge is 2.53. The first-order valence-electron chi connectivity index (χ1n) is 4.79. The molecule has 1 fully saturated rings. The average Bonchev–Trinajstić information content (AvgIpc) is 2.71. The summed E-state index contributed by atoms with van der Waals surface area (Å²) in [5.41, 5.74) is 1.29. The third-order valence-corrected chi connectivity index (χ3v) is 3.20. The van der Waals surface area contributed by atoms with E-state index in [9.17, 15) is 5.11 Å². The van der Waals surface area contributed by atoms with Gasteiger partial charge in [0.1, 0.15) is 5.76 Å². The highest BCUT2D eigenvalue weighted by molar-refractivity contribution is 5.38. The molecule has 0 amide bonds. The van der Waals surface area contributed by atoms with Crippen molar-refractivity contribution >= 4 is 0 Å². The smallest absolute Gasteiger partial charge is 0.102 e. The molecule has 0 heterocycles. The molecule has 2 unspecified atom stereocenters. The molecule has 2 atom stereocenters. The van der Waals surface area contributed by atoms with Crippen molar-refractivity contribution in [1.29, 1.82) is 0 Å². The zero-order valence-corrected chi connectivity index (χ0v) is 7.80. The molecule has 0 spiro atoms. The fourth-order valence-electron chi connectivity index (χ4n) is 2.10. The third kappa shape index (κ3) is 0.921. The lowest BCUT2D eigenvalue weighted by Crippen LogP contribution is -2.07. The molecular formula is C11H16O. The second-order valence-electron chi connectivity index (χ2n) is 4.21. The number of rotatable bonds is 2. The van der Waals surface area contributed by atoms with Crippen LogP contribution in [0.2, 0.25) is 0 Å². The summed E-state index contributed by atoms with van der Waals surface area (Å²) in [5.74, 6) is 1.29. The van der Waals surface area contributed by atoms with E-state index >= 15 is 0 Å². The molecule has 1 saturated carbocycles. The topological polar surface area (TPSA) is 20.2 Å². The van der Waals surface area contributed by atoms with Crippen LogP contribution in [0.4, 0.5) is 0 Å². The van der Waals surface area contributed by atoms with Gasteiger partial charge in [-0.25, -0.2) is 0 Å². The van der Waals surface area contributed by atoms with Gasteiger partial charge in [-0.05, 0) is 24.3 Å². The number of aliphatic hydroxyl groups excluding tert-OH is 1. The number of fused-ring (bicyclic) bond motifs is 1. The van der Waals surface area contributed by atoms with Crippen LogP contribution in [-0.2, 0) is 0 Å². The van der Waals surface area contributed by atoms with E-state index in [1.807, 2.05) is 0 Å². The molecule has 2 rings (SSSR count). The number of hydrogen-bond acceptors (Lipinski definition) is 1. The Morgan fingerprint density at radius 2 is 2.42 bits per heavy atom. The second kappa shape index (κ2) is 2.38. The van der Waals surface area contributed by atoms with E-state index in [4.69, 9.17) is 0 Å². The van der Waals surface area contributed by atoms with E-state index in [1.54, 1.807) is 0 Å². The summed E-state index contributed by atoms with van der Waals surface area (Å²) in [6.45, 7) is 4.31.